The van der Waals surface area contributed by atoms with Gasteiger partial charge < -0.3 is 15.3 Å². The van der Waals surface area contributed by atoms with Gasteiger partial charge in [-0.3, -0.25) is 9.59 Å². The molecule has 2 amide bonds. The first-order chi connectivity index (χ1) is 13.0. The molecule has 1 saturated heterocycles. The smallest absolute Gasteiger partial charge is 0.335 e. The van der Waals surface area contributed by atoms with Gasteiger partial charge in [0.05, 0.1) is 22.4 Å². The highest BCUT2D eigenvalue weighted by atomic mass is 19.1. The predicted molar refractivity (Wildman–Crippen MR) is 97.5 cm³/mol. The number of para-hydroxylation sites is 1. The first-order valence-corrected chi connectivity index (χ1v) is 8.70. The number of carboxylic acids is 1. The Morgan fingerprint density at radius 3 is 2.33 bits per heavy atom. The van der Waals surface area contributed by atoms with Crippen LogP contribution in [0.4, 0.5) is 10.1 Å². The molecule has 0 spiro atoms. The van der Waals surface area contributed by atoms with Crippen molar-refractivity contribution in [2.24, 2.45) is 0 Å². The number of nitrogens with zero attached hydrogens (tertiary/aromatic N) is 1. The molecule has 2 aromatic carbocycles. The van der Waals surface area contributed by atoms with Crippen LogP contribution < -0.4 is 5.32 Å². The van der Waals surface area contributed by atoms with E-state index in [0.717, 1.165) is 37.5 Å². The number of rotatable bonds is 4. The summed E-state index contributed by atoms with van der Waals surface area (Å²) in [6, 6.07) is 9.65. The topological polar surface area (TPSA) is 86.7 Å². The molecule has 3 rings (SSSR count). The molecule has 0 unspecified atom stereocenters. The average Bonchev–Trinajstić information content (AvgIpc) is 2.68. The highest BCUT2D eigenvalue weighted by molar-refractivity contribution is 6.09. The van der Waals surface area contributed by atoms with Crippen LogP contribution in [0.3, 0.4) is 0 Å². The molecule has 2 N–H and O–H groups in total. The van der Waals surface area contributed by atoms with Crippen LogP contribution in [0.15, 0.2) is 42.5 Å². The molecule has 6 nitrogen and oxygen atoms in total. The summed E-state index contributed by atoms with van der Waals surface area (Å²) in [6.07, 6.45) is 2.98. The number of likely N-dealkylation sites (tertiary alicyclic amines) is 1. The molecule has 0 aromatic heterocycles. The van der Waals surface area contributed by atoms with Crippen LogP contribution in [0.1, 0.15) is 50.3 Å². The summed E-state index contributed by atoms with van der Waals surface area (Å²) in [4.78, 5) is 37.8. The van der Waals surface area contributed by atoms with Crippen LogP contribution in [-0.2, 0) is 0 Å². The van der Waals surface area contributed by atoms with Gasteiger partial charge in [-0.15, -0.1) is 0 Å². The molecule has 7 heteroatoms. The van der Waals surface area contributed by atoms with Crippen molar-refractivity contribution in [3.05, 3.63) is 65.0 Å². The normalized spacial score (nSPS) is 13.9. The van der Waals surface area contributed by atoms with Gasteiger partial charge in [0.1, 0.15) is 5.82 Å². The lowest BCUT2D eigenvalue weighted by Gasteiger charge is -2.27. The Labute approximate surface area is 155 Å². The molecule has 27 heavy (non-hydrogen) atoms. The van der Waals surface area contributed by atoms with Crippen molar-refractivity contribution < 1.29 is 23.9 Å². The highest BCUT2D eigenvalue weighted by Crippen LogP contribution is 2.21. The van der Waals surface area contributed by atoms with Crippen molar-refractivity contribution in [3.8, 4) is 0 Å². The molecule has 0 atom stereocenters. The number of anilines is 1. The third-order valence-corrected chi connectivity index (χ3v) is 4.51. The second kappa shape index (κ2) is 7.99. The number of aromatic carboxylic acids is 1. The standard InChI is InChI=1S/C20H19FN2O4/c21-16-12-13(20(26)27)8-9-14(16)18(24)22-17-7-3-2-6-15(17)19(25)23-10-4-1-5-11-23/h2-3,6-9,12H,1,4-5,10-11H2,(H,22,24)(H,26,27). The van der Waals surface area contributed by atoms with Gasteiger partial charge in [0, 0.05) is 13.1 Å². The number of carbonyl (C=O) groups excluding carboxylic acids is 2. The predicted octanol–water partition coefficient (Wildman–Crippen LogP) is 3.40. The quantitative estimate of drug-likeness (QED) is 0.864. The number of hydrogen-bond acceptors (Lipinski definition) is 3. The maximum Gasteiger partial charge on any atom is 0.335 e. The summed E-state index contributed by atoms with van der Waals surface area (Å²) in [5.41, 5.74) is 0.0973. The number of nitrogens with one attached hydrogen (secondary N) is 1. The average molecular weight is 370 g/mol. The van der Waals surface area contributed by atoms with Gasteiger partial charge in [-0.1, -0.05) is 12.1 Å². The van der Waals surface area contributed by atoms with Crippen molar-refractivity contribution in [2.45, 2.75) is 19.3 Å². The van der Waals surface area contributed by atoms with E-state index >= 15 is 0 Å². The molecule has 140 valence electrons. The number of piperidine rings is 1. The molecular weight excluding hydrogens is 351 g/mol. The second-order valence-corrected chi connectivity index (χ2v) is 6.35. The summed E-state index contributed by atoms with van der Waals surface area (Å²) in [6.45, 7) is 1.35. The number of carbonyl (C=O) groups is 3. The number of benzene rings is 2. The highest BCUT2D eigenvalue weighted by Gasteiger charge is 2.22. The van der Waals surface area contributed by atoms with Gasteiger partial charge in [-0.25, -0.2) is 9.18 Å². The van der Waals surface area contributed by atoms with E-state index in [1.165, 1.54) is 0 Å². The van der Waals surface area contributed by atoms with Gasteiger partial charge in [-0.05, 0) is 49.6 Å². The third kappa shape index (κ3) is 4.13. The molecule has 2 aromatic rings. The Balaban J connectivity index is 1.82. The number of carboxylic acid groups (broad SMARTS) is 1. The molecular formula is C20H19FN2O4. The monoisotopic (exact) mass is 370 g/mol. The van der Waals surface area contributed by atoms with E-state index in [1.54, 1.807) is 29.2 Å². The van der Waals surface area contributed by atoms with E-state index in [2.05, 4.69) is 5.32 Å². The van der Waals surface area contributed by atoms with Crippen LogP contribution in [0.5, 0.6) is 0 Å². The Morgan fingerprint density at radius 2 is 1.67 bits per heavy atom. The van der Waals surface area contributed by atoms with Crippen LogP contribution in [0, 0.1) is 5.82 Å². The summed E-state index contributed by atoms with van der Waals surface area (Å²) in [5.74, 6) is -3.14. The van der Waals surface area contributed by atoms with Crippen molar-refractivity contribution >= 4 is 23.5 Å². The van der Waals surface area contributed by atoms with Gasteiger partial charge in [0.25, 0.3) is 11.8 Å². The minimum absolute atomic E-state index is 0.174. The fraction of sp³-hybridized carbons (Fsp3) is 0.250. The Bertz CT molecular complexity index is 891. The summed E-state index contributed by atoms with van der Waals surface area (Å²) in [5, 5.41) is 11.4. The van der Waals surface area contributed by atoms with Crippen LogP contribution in [0.2, 0.25) is 0 Å². The third-order valence-electron chi connectivity index (χ3n) is 4.51. The zero-order valence-electron chi connectivity index (χ0n) is 14.6. The van der Waals surface area contributed by atoms with E-state index in [1.807, 2.05) is 0 Å². The summed E-state index contributed by atoms with van der Waals surface area (Å²) in [7, 11) is 0. The molecule has 0 radical (unpaired) electrons. The molecule has 0 saturated carbocycles. The van der Waals surface area contributed by atoms with E-state index < -0.39 is 17.7 Å². The molecule has 0 aliphatic carbocycles. The fourth-order valence-electron chi connectivity index (χ4n) is 3.07. The molecule has 1 aliphatic heterocycles. The van der Waals surface area contributed by atoms with Crippen molar-refractivity contribution in [3.63, 3.8) is 0 Å². The van der Waals surface area contributed by atoms with Crippen molar-refractivity contribution in [1.82, 2.24) is 4.90 Å². The maximum atomic E-state index is 14.1. The second-order valence-electron chi connectivity index (χ2n) is 6.35. The van der Waals surface area contributed by atoms with Crippen LogP contribution in [0.25, 0.3) is 0 Å². The van der Waals surface area contributed by atoms with Crippen molar-refractivity contribution in [1.29, 1.82) is 0 Å². The minimum atomic E-state index is -1.28. The lowest BCUT2D eigenvalue weighted by atomic mass is 10.1. The van der Waals surface area contributed by atoms with Crippen LogP contribution >= 0.6 is 0 Å². The Hall–Kier alpha value is -3.22. The summed E-state index contributed by atoms with van der Waals surface area (Å²) >= 11 is 0. The van der Waals surface area contributed by atoms with E-state index in [4.69, 9.17) is 5.11 Å². The maximum absolute atomic E-state index is 14.1. The molecule has 1 fully saturated rings. The SMILES string of the molecule is O=C(O)c1ccc(C(=O)Nc2ccccc2C(=O)N2CCCCC2)c(F)c1. The van der Waals surface area contributed by atoms with Gasteiger partial charge in [0.15, 0.2) is 0 Å². The molecule has 0 bridgehead atoms. The molecule has 1 aliphatic rings. The largest absolute Gasteiger partial charge is 0.478 e. The van der Waals surface area contributed by atoms with Gasteiger partial charge >= 0.3 is 5.97 Å². The zero-order chi connectivity index (χ0) is 19.4. The Kier molecular flexibility index (Phi) is 5.49. The van der Waals surface area contributed by atoms with Gasteiger partial charge in [-0.2, -0.15) is 0 Å². The van der Waals surface area contributed by atoms with Gasteiger partial charge in [0.2, 0.25) is 0 Å². The number of hydrogen-bond donors (Lipinski definition) is 2. The van der Waals surface area contributed by atoms with E-state index in [0.29, 0.717) is 24.3 Å². The zero-order valence-corrected chi connectivity index (χ0v) is 14.6. The molecule has 1 heterocycles. The van der Waals surface area contributed by atoms with E-state index in [9.17, 15) is 18.8 Å². The minimum Gasteiger partial charge on any atom is -0.478 e. The summed E-state index contributed by atoms with van der Waals surface area (Å²) < 4.78 is 14.1. The Morgan fingerprint density at radius 1 is 0.963 bits per heavy atom. The first kappa shape index (κ1) is 18.6. The van der Waals surface area contributed by atoms with E-state index in [-0.39, 0.29) is 17.0 Å². The first-order valence-electron chi connectivity index (χ1n) is 8.70. The number of amides is 2. The lowest BCUT2D eigenvalue weighted by molar-refractivity contribution is 0.0693. The van der Waals surface area contributed by atoms with Crippen molar-refractivity contribution in [2.75, 3.05) is 18.4 Å². The lowest BCUT2D eigenvalue weighted by Crippen LogP contribution is -2.36. The fourth-order valence-corrected chi connectivity index (χ4v) is 3.07. The van der Waals surface area contributed by atoms with Crippen LogP contribution in [-0.4, -0.2) is 40.9 Å². The number of halogens is 1.